The van der Waals surface area contributed by atoms with Crippen molar-refractivity contribution in [3.8, 4) is 0 Å². The lowest BCUT2D eigenvalue weighted by molar-refractivity contribution is -0.121. The Morgan fingerprint density at radius 2 is 2.00 bits per heavy atom. The van der Waals surface area contributed by atoms with Crippen molar-refractivity contribution >= 4 is 34.9 Å². The predicted molar refractivity (Wildman–Crippen MR) is 130 cm³/mol. The van der Waals surface area contributed by atoms with Crippen LogP contribution in [0.15, 0.2) is 18.2 Å². The smallest absolute Gasteiger partial charge is 0.256 e. The van der Waals surface area contributed by atoms with Crippen LogP contribution in [-0.4, -0.2) is 53.7 Å². The Morgan fingerprint density at radius 1 is 1.21 bits per heavy atom. The van der Waals surface area contributed by atoms with Crippen LogP contribution in [-0.2, 0) is 22.4 Å². The topological polar surface area (TPSA) is 94.3 Å². The first-order valence-electron chi connectivity index (χ1n) is 12.0. The summed E-state index contributed by atoms with van der Waals surface area (Å²) in [6, 6.07) is 4.17. The number of aromatic amines is 1. The van der Waals surface area contributed by atoms with E-state index < -0.39 is 5.82 Å². The molecule has 180 valence electrons. The molecule has 0 spiro atoms. The number of likely N-dealkylation sites (N-methyl/N-ethyl adjacent to an activating group) is 1. The second-order valence-corrected chi connectivity index (χ2v) is 8.73. The lowest BCUT2D eigenvalue weighted by Crippen LogP contribution is -2.34. The molecule has 0 unspecified atom stereocenters. The fourth-order valence-electron chi connectivity index (χ4n) is 4.74. The number of halogens is 1. The summed E-state index contributed by atoms with van der Waals surface area (Å²) in [6.45, 7) is 7.41. The zero-order chi connectivity index (χ0) is 24.2. The number of hydrogen-bond donors (Lipinski definition) is 3. The molecular formula is C26H31FN4O3. The van der Waals surface area contributed by atoms with Crippen LogP contribution in [0.5, 0.6) is 0 Å². The number of aryl methyl sites for hydroxylation is 1. The molecule has 1 aliphatic heterocycles. The Labute approximate surface area is 198 Å². The molecule has 1 aromatic carbocycles. The maximum Gasteiger partial charge on any atom is 0.256 e. The van der Waals surface area contributed by atoms with Crippen LogP contribution in [0.1, 0.15) is 66.0 Å². The fourth-order valence-corrected chi connectivity index (χ4v) is 4.74. The molecule has 3 N–H and O–H groups in total. The lowest BCUT2D eigenvalue weighted by Gasteiger charge is -2.18. The molecule has 7 nitrogen and oxygen atoms in total. The van der Waals surface area contributed by atoms with E-state index in [0.29, 0.717) is 47.5 Å². The van der Waals surface area contributed by atoms with E-state index in [1.54, 1.807) is 6.08 Å². The number of anilines is 1. The molecule has 2 heterocycles. The molecule has 0 bridgehead atoms. The molecule has 2 aromatic rings. The predicted octanol–water partition coefficient (Wildman–Crippen LogP) is 3.56. The minimum Gasteiger partial charge on any atom is -0.358 e. The number of rotatable bonds is 9. The van der Waals surface area contributed by atoms with E-state index >= 15 is 0 Å². The number of carbonyl (C=O) groups excluding carboxylic acids is 3. The van der Waals surface area contributed by atoms with E-state index in [1.165, 1.54) is 18.2 Å². The number of nitrogens with zero attached hydrogens (tertiary/aromatic N) is 1. The van der Waals surface area contributed by atoms with Gasteiger partial charge in [-0.25, -0.2) is 4.39 Å². The number of aromatic nitrogens is 1. The maximum absolute atomic E-state index is 13.9. The Balaban J connectivity index is 1.57. The molecule has 2 aliphatic rings. The van der Waals surface area contributed by atoms with Crippen LogP contribution in [0.3, 0.4) is 0 Å². The van der Waals surface area contributed by atoms with Gasteiger partial charge in [0.2, 0.25) is 5.91 Å². The van der Waals surface area contributed by atoms with Gasteiger partial charge in [0.05, 0.1) is 5.57 Å². The van der Waals surface area contributed by atoms with Crippen molar-refractivity contribution in [2.45, 2.75) is 46.0 Å². The van der Waals surface area contributed by atoms with Crippen LogP contribution in [0, 0.1) is 5.82 Å². The summed E-state index contributed by atoms with van der Waals surface area (Å²) in [5.41, 5.74) is 4.26. The minimum absolute atomic E-state index is 0.0569. The SMILES string of the molecule is CCN(CC)CCNC(=O)CCc1c(/C=C2\C(=O)Nc3ccc(F)cc32)[nH]c2c1C(=O)CCC2. The number of carbonyl (C=O) groups is 3. The number of ketones is 1. The molecule has 4 rings (SSSR count). The molecule has 2 amide bonds. The molecule has 0 saturated carbocycles. The van der Waals surface area contributed by atoms with Crippen LogP contribution < -0.4 is 10.6 Å². The van der Waals surface area contributed by atoms with Gasteiger partial charge in [0.1, 0.15) is 5.82 Å². The van der Waals surface area contributed by atoms with E-state index in [1.807, 2.05) is 0 Å². The average Bonchev–Trinajstić information content (AvgIpc) is 3.33. The highest BCUT2D eigenvalue weighted by molar-refractivity contribution is 6.35. The zero-order valence-corrected chi connectivity index (χ0v) is 19.7. The summed E-state index contributed by atoms with van der Waals surface area (Å²) in [6.07, 6.45) is 4.28. The third-order valence-corrected chi connectivity index (χ3v) is 6.62. The van der Waals surface area contributed by atoms with E-state index in [2.05, 4.69) is 34.4 Å². The van der Waals surface area contributed by atoms with Crippen LogP contribution in [0.4, 0.5) is 10.1 Å². The summed E-state index contributed by atoms with van der Waals surface area (Å²) >= 11 is 0. The minimum atomic E-state index is -0.427. The van der Waals surface area contributed by atoms with Crippen LogP contribution in [0.2, 0.25) is 0 Å². The Kier molecular flexibility index (Phi) is 7.26. The first-order valence-corrected chi connectivity index (χ1v) is 12.0. The third-order valence-electron chi connectivity index (χ3n) is 6.62. The Hall–Kier alpha value is -3.26. The number of fused-ring (bicyclic) bond motifs is 2. The number of benzene rings is 1. The highest BCUT2D eigenvalue weighted by Crippen LogP contribution is 2.36. The van der Waals surface area contributed by atoms with Gasteiger partial charge in [0.25, 0.3) is 5.91 Å². The molecule has 1 aliphatic carbocycles. The zero-order valence-electron chi connectivity index (χ0n) is 19.7. The van der Waals surface area contributed by atoms with E-state index in [4.69, 9.17) is 0 Å². The Morgan fingerprint density at radius 3 is 2.76 bits per heavy atom. The van der Waals surface area contributed by atoms with Gasteiger partial charge in [-0.15, -0.1) is 0 Å². The van der Waals surface area contributed by atoms with Crippen molar-refractivity contribution in [1.82, 2.24) is 15.2 Å². The molecule has 0 radical (unpaired) electrons. The highest BCUT2D eigenvalue weighted by Gasteiger charge is 2.29. The van der Waals surface area contributed by atoms with Gasteiger partial charge < -0.3 is 20.5 Å². The van der Waals surface area contributed by atoms with Gasteiger partial charge in [0, 0.05) is 54.1 Å². The number of Topliss-reactive ketones (excluding diaryl/α,β-unsaturated/α-hetero) is 1. The monoisotopic (exact) mass is 466 g/mol. The van der Waals surface area contributed by atoms with Gasteiger partial charge in [-0.1, -0.05) is 13.8 Å². The summed E-state index contributed by atoms with van der Waals surface area (Å²) in [7, 11) is 0. The van der Waals surface area contributed by atoms with Gasteiger partial charge in [-0.3, -0.25) is 14.4 Å². The largest absolute Gasteiger partial charge is 0.358 e. The fraction of sp³-hybridized carbons (Fsp3) is 0.423. The average molecular weight is 467 g/mol. The van der Waals surface area contributed by atoms with Crippen molar-refractivity contribution in [1.29, 1.82) is 0 Å². The van der Waals surface area contributed by atoms with Crippen molar-refractivity contribution in [3.63, 3.8) is 0 Å². The lowest BCUT2D eigenvalue weighted by atomic mass is 9.91. The number of H-pyrrole nitrogens is 1. The van der Waals surface area contributed by atoms with Gasteiger partial charge in [-0.2, -0.15) is 0 Å². The van der Waals surface area contributed by atoms with Gasteiger partial charge in [0.15, 0.2) is 5.78 Å². The van der Waals surface area contributed by atoms with Gasteiger partial charge in [-0.05, 0) is 62.2 Å². The molecule has 0 saturated heterocycles. The number of nitrogens with one attached hydrogen (secondary N) is 3. The molecule has 1 aromatic heterocycles. The molecule has 8 heteroatoms. The Bertz CT molecular complexity index is 1150. The highest BCUT2D eigenvalue weighted by atomic mass is 19.1. The summed E-state index contributed by atoms with van der Waals surface area (Å²) in [4.78, 5) is 43.4. The van der Waals surface area contributed by atoms with Crippen molar-refractivity contribution in [2.75, 3.05) is 31.5 Å². The number of amides is 2. The maximum atomic E-state index is 13.9. The molecular weight excluding hydrogens is 435 g/mol. The summed E-state index contributed by atoms with van der Waals surface area (Å²) < 4.78 is 13.9. The standard InChI is InChI=1S/C26H31FN4O3/c1-3-31(4-2)13-12-28-24(33)11-9-17-22(29-21-6-5-7-23(32)25(17)21)15-19-18-14-16(27)8-10-20(18)30-26(19)34/h8,10,14-15,29H,3-7,9,11-13H2,1-2H3,(H,28,33)(H,30,34)/b19-15-. The second kappa shape index (κ2) is 10.3. The van der Waals surface area contributed by atoms with Crippen molar-refractivity contribution < 1.29 is 18.8 Å². The quantitative estimate of drug-likeness (QED) is 0.493. The molecule has 0 atom stereocenters. The normalized spacial score (nSPS) is 16.1. The van der Waals surface area contributed by atoms with Gasteiger partial charge >= 0.3 is 0 Å². The third kappa shape index (κ3) is 4.97. The first kappa shape index (κ1) is 23.9. The summed E-state index contributed by atoms with van der Waals surface area (Å²) in [5, 5.41) is 5.71. The van der Waals surface area contributed by atoms with Crippen molar-refractivity contribution in [3.05, 3.63) is 52.1 Å². The second-order valence-electron chi connectivity index (χ2n) is 8.73. The first-order chi connectivity index (χ1) is 16.4. The van der Waals surface area contributed by atoms with E-state index in [0.717, 1.165) is 43.7 Å². The molecule has 34 heavy (non-hydrogen) atoms. The molecule has 0 fully saturated rings. The van der Waals surface area contributed by atoms with Crippen LogP contribution in [0.25, 0.3) is 11.6 Å². The van der Waals surface area contributed by atoms with Crippen molar-refractivity contribution in [2.24, 2.45) is 0 Å². The van der Waals surface area contributed by atoms with E-state index in [9.17, 15) is 18.8 Å². The van der Waals surface area contributed by atoms with E-state index in [-0.39, 0.29) is 24.0 Å². The van der Waals surface area contributed by atoms with Crippen LogP contribution >= 0.6 is 0 Å². The number of hydrogen-bond acceptors (Lipinski definition) is 4. The summed E-state index contributed by atoms with van der Waals surface area (Å²) in [5.74, 6) is -0.764.